The van der Waals surface area contributed by atoms with Crippen molar-refractivity contribution >= 4 is 5.65 Å². The number of nitrogens with one attached hydrogen (secondary N) is 1. The van der Waals surface area contributed by atoms with E-state index in [0.29, 0.717) is 11.9 Å². The molecule has 138 valence electrons. The molecule has 4 aromatic heterocycles. The normalized spacial score (nSPS) is 14.5. The summed E-state index contributed by atoms with van der Waals surface area (Å²) in [5, 5.41) is 8.94. The molecule has 1 fully saturated rings. The van der Waals surface area contributed by atoms with Crippen LogP contribution in [-0.2, 0) is 9.47 Å². The molecule has 0 radical (unpaired) electrons. The van der Waals surface area contributed by atoms with Gasteiger partial charge in [-0.05, 0) is 31.0 Å². The number of fused-ring (bicyclic) bond motifs is 1. The molecule has 4 aromatic rings. The molecule has 1 N–H and O–H groups in total. The molecule has 0 bridgehead atoms. The average molecular weight is 365 g/mol. The summed E-state index contributed by atoms with van der Waals surface area (Å²) in [5.74, 6) is 0.588. The third kappa shape index (κ3) is 2.81. The van der Waals surface area contributed by atoms with Crippen molar-refractivity contribution < 1.29 is 9.47 Å². The van der Waals surface area contributed by atoms with E-state index in [1.54, 1.807) is 18.7 Å². The Labute approximate surface area is 155 Å². The smallest absolute Gasteiger partial charge is 0.216 e. The van der Waals surface area contributed by atoms with Crippen molar-refractivity contribution in [2.45, 2.75) is 25.2 Å². The van der Waals surface area contributed by atoms with E-state index in [1.165, 1.54) is 19.2 Å². The number of H-pyrrole nitrogens is 1. The van der Waals surface area contributed by atoms with Gasteiger partial charge in [0.25, 0.3) is 0 Å². The van der Waals surface area contributed by atoms with E-state index < -0.39 is 6.29 Å². The number of hydrogen-bond donors (Lipinski definition) is 1. The number of methoxy groups -OCH3 is 2. The molecule has 9 nitrogen and oxygen atoms in total. The Morgan fingerprint density at radius 1 is 1.19 bits per heavy atom. The van der Waals surface area contributed by atoms with Gasteiger partial charge >= 0.3 is 0 Å². The Hall–Kier alpha value is -3.04. The summed E-state index contributed by atoms with van der Waals surface area (Å²) in [5.41, 5.74) is 4.10. The summed E-state index contributed by atoms with van der Waals surface area (Å²) in [6.45, 7) is 0. The lowest BCUT2D eigenvalue weighted by Crippen LogP contribution is -2.05. The third-order valence-corrected chi connectivity index (χ3v) is 4.71. The van der Waals surface area contributed by atoms with Gasteiger partial charge in [0.15, 0.2) is 11.5 Å². The van der Waals surface area contributed by atoms with Gasteiger partial charge in [0, 0.05) is 32.2 Å². The number of imidazole rings is 1. The summed E-state index contributed by atoms with van der Waals surface area (Å²) in [7, 11) is 3.17. The van der Waals surface area contributed by atoms with Gasteiger partial charge in [-0.3, -0.25) is 4.68 Å². The maximum Gasteiger partial charge on any atom is 0.216 e. The van der Waals surface area contributed by atoms with Gasteiger partial charge < -0.3 is 14.5 Å². The molecule has 0 aromatic carbocycles. The zero-order chi connectivity index (χ0) is 18.4. The summed E-state index contributed by atoms with van der Waals surface area (Å²) >= 11 is 0. The first-order chi connectivity index (χ1) is 13.3. The lowest BCUT2D eigenvalue weighted by atomic mass is 10.1. The van der Waals surface area contributed by atoms with Crippen LogP contribution in [-0.4, -0.2) is 48.6 Å². The van der Waals surface area contributed by atoms with Crippen LogP contribution in [0.4, 0.5) is 0 Å². The van der Waals surface area contributed by atoms with Gasteiger partial charge in [-0.25, -0.2) is 14.5 Å². The molecule has 0 aliphatic heterocycles. The maximum absolute atomic E-state index is 5.37. The van der Waals surface area contributed by atoms with E-state index in [4.69, 9.17) is 19.6 Å². The van der Waals surface area contributed by atoms with Crippen LogP contribution in [0.3, 0.4) is 0 Å². The first-order valence-electron chi connectivity index (χ1n) is 8.77. The van der Waals surface area contributed by atoms with Crippen LogP contribution >= 0.6 is 0 Å². The van der Waals surface area contributed by atoms with Crippen LogP contribution in [0.1, 0.15) is 31.0 Å². The number of ether oxygens (including phenoxy) is 2. The Kier molecular flexibility index (Phi) is 3.76. The first kappa shape index (κ1) is 16.2. The van der Waals surface area contributed by atoms with Crippen molar-refractivity contribution in [2.24, 2.45) is 0 Å². The molecule has 4 heterocycles. The monoisotopic (exact) mass is 365 g/mol. The Morgan fingerprint density at radius 2 is 2.04 bits per heavy atom. The van der Waals surface area contributed by atoms with E-state index >= 15 is 0 Å². The molecule has 0 unspecified atom stereocenters. The summed E-state index contributed by atoms with van der Waals surface area (Å²) in [4.78, 5) is 12.3. The van der Waals surface area contributed by atoms with E-state index in [0.717, 1.165) is 28.3 Å². The Balaban J connectivity index is 1.64. The topological polar surface area (TPSA) is 95.2 Å². The highest BCUT2D eigenvalue weighted by molar-refractivity contribution is 5.76. The fraction of sp³-hybridized carbons (Fsp3) is 0.333. The predicted octanol–water partition coefficient (Wildman–Crippen LogP) is 2.61. The Bertz CT molecular complexity index is 1090. The second-order valence-electron chi connectivity index (χ2n) is 6.54. The number of aromatic amines is 1. The minimum absolute atomic E-state index is 0.512. The van der Waals surface area contributed by atoms with Gasteiger partial charge in [-0.2, -0.15) is 10.2 Å². The fourth-order valence-electron chi connectivity index (χ4n) is 3.19. The molecule has 5 rings (SSSR count). The summed E-state index contributed by atoms with van der Waals surface area (Å²) < 4.78 is 14.5. The molecule has 27 heavy (non-hydrogen) atoms. The highest BCUT2D eigenvalue weighted by Crippen LogP contribution is 2.36. The molecule has 9 heteroatoms. The second kappa shape index (κ2) is 6.29. The van der Waals surface area contributed by atoms with Gasteiger partial charge in [0.05, 0.1) is 11.7 Å². The van der Waals surface area contributed by atoms with Crippen molar-refractivity contribution in [3.8, 4) is 22.6 Å². The van der Waals surface area contributed by atoms with Crippen LogP contribution in [0, 0.1) is 0 Å². The first-order valence-corrected chi connectivity index (χ1v) is 8.77. The second-order valence-corrected chi connectivity index (χ2v) is 6.54. The molecule has 0 amide bonds. The molecular formula is C18H19N7O2. The molecular weight excluding hydrogens is 346 g/mol. The van der Waals surface area contributed by atoms with Gasteiger partial charge in [0.2, 0.25) is 6.29 Å². The zero-order valence-corrected chi connectivity index (χ0v) is 15.0. The lowest BCUT2D eigenvalue weighted by molar-refractivity contribution is -0.111. The molecule has 0 atom stereocenters. The van der Waals surface area contributed by atoms with Crippen molar-refractivity contribution in [1.29, 1.82) is 0 Å². The van der Waals surface area contributed by atoms with E-state index in [-0.39, 0.29) is 0 Å². The molecule has 1 aliphatic carbocycles. The van der Waals surface area contributed by atoms with Gasteiger partial charge in [0.1, 0.15) is 17.7 Å². The number of pyridine rings is 1. The van der Waals surface area contributed by atoms with Crippen LogP contribution in [0.2, 0.25) is 0 Å². The van der Waals surface area contributed by atoms with E-state index in [9.17, 15) is 0 Å². The Morgan fingerprint density at radius 3 is 2.81 bits per heavy atom. The number of hydrogen-bond acceptors (Lipinski definition) is 6. The van der Waals surface area contributed by atoms with Crippen LogP contribution in [0.25, 0.3) is 28.3 Å². The number of nitrogens with zero attached hydrogens (tertiary/aromatic N) is 6. The molecule has 1 aliphatic rings. The van der Waals surface area contributed by atoms with Crippen molar-refractivity contribution in [1.82, 2.24) is 34.3 Å². The zero-order valence-electron chi connectivity index (χ0n) is 15.0. The summed E-state index contributed by atoms with van der Waals surface area (Å²) in [6, 6.07) is 6.40. The minimum Gasteiger partial charge on any atom is -0.349 e. The lowest BCUT2D eigenvalue weighted by Gasteiger charge is -2.09. The summed E-state index contributed by atoms with van der Waals surface area (Å²) in [6.07, 6.45) is 7.22. The third-order valence-electron chi connectivity index (χ3n) is 4.71. The fourth-order valence-corrected chi connectivity index (χ4v) is 3.19. The van der Waals surface area contributed by atoms with Crippen LogP contribution < -0.4 is 0 Å². The molecule has 0 saturated heterocycles. The largest absolute Gasteiger partial charge is 0.349 e. The molecule has 1 saturated carbocycles. The maximum atomic E-state index is 5.37. The standard InChI is InChI=1S/C18H19N7O2/c1-26-18(27-2)17-21-15(11-3-6-14-19-10-20-25(14)9-11)16(22-17)13-7-8-24(23-13)12-4-5-12/h3,6-10,12,18H,4-5H2,1-2H3,(H,21,22). The van der Waals surface area contributed by atoms with Crippen LogP contribution in [0.15, 0.2) is 36.9 Å². The van der Waals surface area contributed by atoms with Gasteiger partial charge in [-0.1, -0.05) is 0 Å². The quantitative estimate of drug-likeness (QED) is 0.528. The molecule has 0 spiro atoms. The SMILES string of the molecule is COC(OC)c1nc(-c2ccn(C3CC3)n2)c(-c2ccc3ncnn3c2)[nH]1. The average Bonchev–Trinajstić information content (AvgIpc) is 3.11. The van der Waals surface area contributed by atoms with E-state index in [2.05, 4.69) is 15.1 Å². The minimum atomic E-state index is -0.585. The van der Waals surface area contributed by atoms with Crippen molar-refractivity contribution in [3.63, 3.8) is 0 Å². The highest BCUT2D eigenvalue weighted by Gasteiger charge is 2.26. The number of aromatic nitrogens is 7. The van der Waals surface area contributed by atoms with Gasteiger partial charge in [-0.15, -0.1) is 0 Å². The van der Waals surface area contributed by atoms with Crippen LogP contribution in [0.5, 0.6) is 0 Å². The van der Waals surface area contributed by atoms with Crippen molar-refractivity contribution in [3.05, 3.63) is 42.7 Å². The highest BCUT2D eigenvalue weighted by atomic mass is 16.7. The van der Waals surface area contributed by atoms with E-state index in [1.807, 2.05) is 35.3 Å². The predicted molar refractivity (Wildman–Crippen MR) is 96.8 cm³/mol. The van der Waals surface area contributed by atoms with Crippen molar-refractivity contribution in [2.75, 3.05) is 14.2 Å². The number of rotatable bonds is 6.